The van der Waals surface area contributed by atoms with Crippen LogP contribution in [0.25, 0.3) is 0 Å². The highest BCUT2D eigenvalue weighted by Crippen LogP contribution is 2.20. The Morgan fingerprint density at radius 3 is 2.57 bits per heavy atom. The highest BCUT2D eigenvalue weighted by Gasteiger charge is 2.10. The minimum atomic E-state index is -1.04. The van der Waals surface area contributed by atoms with Gasteiger partial charge in [0, 0.05) is 10.2 Å². The van der Waals surface area contributed by atoms with Gasteiger partial charge in [0.15, 0.2) is 0 Å². The number of benzene rings is 2. The van der Waals surface area contributed by atoms with Crippen molar-refractivity contribution in [1.82, 2.24) is 0 Å². The van der Waals surface area contributed by atoms with Gasteiger partial charge in [-0.15, -0.1) is 0 Å². The van der Waals surface area contributed by atoms with Crippen LogP contribution in [0, 0.1) is 6.92 Å². The third kappa shape index (κ3) is 4.16. The van der Waals surface area contributed by atoms with Gasteiger partial charge in [0.25, 0.3) is 0 Å². The number of amides is 1. The number of aryl methyl sites for hydroxylation is 1. The minimum absolute atomic E-state index is 0.121. The lowest BCUT2D eigenvalue weighted by molar-refractivity contribution is -0.115. The van der Waals surface area contributed by atoms with E-state index in [1.807, 2.05) is 31.2 Å². The standard InChI is InChI=1S/C16H14BrNO3/c1-10-4-2-3-5-11(10)8-15(19)18-14-7-12(16(20)21)6-13(17)9-14/h2-7,9H,8H2,1H3,(H,18,19)(H,20,21). The van der Waals surface area contributed by atoms with Crippen LogP contribution >= 0.6 is 15.9 Å². The van der Waals surface area contributed by atoms with Crippen LogP contribution < -0.4 is 5.32 Å². The molecular weight excluding hydrogens is 334 g/mol. The number of hydrogen-bond acceptors (Lipinski definition) is 2. The van der Waals surface area contributed by atoms with Gasteiger partial charge in [0.2, 0.25) is 5.91 Å². The van der Waals surface area contributed by atoms with Crippen molar-refractivity contribution in [2.75, 3.05) is 5.32 Å². The van der Waals surface area contributed by atoms with Crippen LogP contribution in [0.2, 0.25) is 0 Å². The van der Waals surface area contributed by atoms with Gasteiger partial charge >= 0.3 is 5.97 Å². The molecule has 1 amide bonds. The Hall–Kier alpha value is -2.14. The van der Waals surface area contributed by atoms with E-state index >= 15 is 0 Å². The van der Waals surface area contributed by atoms with Crippen LogP contribution in [0.15, 0.2) is 46.9 Å². The number of carbonyl (C=O) groups is 2. The number of carbonyl (C=O) groups excluding carboxylic acids is 1. The van der Waals surface area contributed by atoms with Crippen LogP contribution in [0.5, 0.6) is 0 Å². The van der Waals surface area contributed by atoms with E-state index in [9.17, 15) is 9.59 Å². The number of halogens is 1. The summed E-state index contributed by atoms with van der Waals surface area (Å²) in [4.78, 5) is 23.0. The summed E-state index contributed by atoms with van der Waals surface area (Å²) in [6, 6.07) is 12.2. The molecule has 0 radical (unpaired) electrons. The van der Waals surface area contributed by atoms with Gasteiger partial charge in [-0.05, 0) is 36.2 Å². The number of rotatable bonds is 4. The number of carboxylic acids is 1. The van der Waals surface area contributed by atoms with Crippen molar-refractivity contribution in [2.45, 2.75) is 13.3 Å². The monoisotopic (exact) mass is 347 g/mol. The second-order valence-corrected chi connectivity index (χ2v) is 5.60. The number of aromatic carboxylic acids is 1. The topological polar surface area (TPSA) is 66.4 Å². The van der Waals surface area contributed by atoms with E-state index in [1.54, 1.807) is 6.07 Å². The number of hydrogen-bond donors (Lipinski definition) is 2. The maximum atomic E-state index is 12.1. The lowest BCUT2D eigenvalue weighted by Gasteiger charge is -2.08. The molecule has 0 saturated heterocycles. The van der Waals surface area contributed by atoms with Crippen LogP contribution in [0.4, 0.5) is 5.69 Å². The second kappa shape index (κ2) is 6.54. The van der Waals surface area contributed by atoms with Crippen molar-refractivity contribution in [1.29, 1.82) is 0 Å². The summed E-state index contributed by atoms with van der Waals surface area (Å²) in [5.41, 5.74) is 2.58. The summed E-state index contributed by atoms with van der Waals surface area (Å²) < 4.78 is 0.605. The molecule has 2 aromatic rings. The average molecular weight is 348 g/mol. The Bertz CT molecular complexity index is 698. The molecule has 0 heterocycles. The van der Waals surface area contributed by atoms with Crippen molar-refractivity contribution >= 4 is 33.5 Å². The molecule has 4 nitrogen and oxygen atoms in total. The fourth-order valence-electron chi connectivity index (χ4n) is 1.97. The Labute approximate surface area is 130 Å². The van der Waals surface area contributed by atoms with E-state index in [0.29, 0.717) is 10.2 Å². The first-order valence-electron chi connectivity index (χ1n) is 6.34. The maximum absolute atomic E-state index is 12.1. The van der Waals surface area contributed by atoms with Gasteiger partial charge in [-0.1, -0.05) is 40.2 Å². The molecule has 0 aliphatic rings. The van der Waals surface area contributed by atoms with E-state index in [2.05, 4.69) is 21.2 Å². The quantitative estimate of drug-likeness (QED) is 0.887. The minimum Gasteiger partial charge on any atom is -0.478 e. The molecule has 0 spiro atoms. The molecule has 2 N–H and O–H groups in total. The molecule has 0 fully saturated rings. The van der Waals surface area contributed by atoms with E-state index in [0.717, 1.165) is 11.1 Å². The van der Waals surface area contributed by atoms with Gasteiger partial charge in [-0.2, -0.15) is 0 Å². The van der Waals surface area contributed by atoms with Crippen LogP contribution in [0.3, 0.4) is 0 Å². The lowest BCUT2D eigenvalue weighted by Crippen LogP contribution is -2.15. The molecule has 0 unspecified atom stereocenters. The molecule has 108 valence electrons. The second-order valence-electron chi connectivity index (χ2n) is 4.69. The van der Waals surface area contributed by atoms with Crippen molar-refractivity contribution in [3.63, 3.8) is 0 Å². The normalized spacial score (nSPS) is 10.2. The Morgan fingerprint density at radius 1 is 1.19 bits per heavy atom. The highest BCUT2D eigenvalue weighted by atomic mass is 79.9. The molecule has 0 aliphatic heterocycles. The van der Waals surface area contributed by atoms with Crippen LogP contribution in [-0.2, 0) is 11.2 Å². The van der Waals surface area contributed by atoms with Crippen molar-refractivity contribution < 1.29 is 14.7 Å². The first-order chi connectivity index (χ1) is 9.95. The maximum Gasteiger partial charge on any atom is 0.335 e. The zero-order valence-corrected chi connectivity index (χ0v) is 13.0. The predicted octanol–water partition coefficient (Wildman–Crippen LogP) is 3.64. The zero-order chi connectivity index (χ0) is 15.4. The number of carboxylic acid groups (broad SMARTS) is 1. The summed E-state index contributed by atoms with van der Waals surface area (Å²) in [7, 11) is 0. The van der Waals surface area contributed by atoms with E-state index < -0.39 is 5.97 Å². The van der Waals surface area contributed by atoms with Crippen molar-refractivity contribution in [3.05, 3.63) is 63.6 Å². The molecule has 0 aromatic heterocycles. The number of nitrogens with one attached hydrogen (secondary N) is 1. The zero-order valence-electron chi connectivity index (χ0n) is 11.4. The Balaban J connectivity index is 2.13. The molecule has 2 aromatic carbocycles. The van der Waals surface area contributed by atoms with Gasteiger partial charge in [-0.3, -0.25) is 4.79 Å². The van der Waals surface area contributed by atoms with Gasteiger partial charge in [0.1, 0.15) is 0 Å². The SMILES string of the molecule is Cc1ccccc1CC(=O)Nc1cc(Br)cc(C(=O)O)c1. The van der Waals surface area contributed by atoms with Crippen molar-refractivity contribution in [2.24, 2.45) is 0 Å². The van der Waals surface area contributed by atoms with Crippen LogP contribution in [0.1, 0.15) is 21.5 Å². The fourth-order valence-corrected chi connectivity index (χ4v) is 2.47. The van der Waals surface area contributed by atoms with E-state index in [1.165, 1.54) is 12.1 Å². The van der Waals surface area contributed by atoms with Gasteiger partial charge < -0.3 is 10.4 Å². The smallest absolute Gasteiger partial charge is 0.335 e. The number of anilines is 1. The summed E-state index contributed by atoms with van der Waals surface area (Å²) in [5, 5.41) is 11.7. The van der Waals surface area contributed by atoms with Crippen LogP contribution in [-0.4, -0.2) is 17.0 Å². The van der Waals surface area contributed by atoms with Crippen molar-refractivity contribution in [3.8, 4) is 0 Å². The fraction of sp³-hybridized carbons (Fsp3) is 0.125. The molecule has 21 heavy (non-hydrogen) atoms. The third-order valence-corrected chi connectivity index (χ3v) is 3.50. The largest absolute Gasteiger partial charge is 0.478 e. The Kier molecular flexibility index (Phi) is 4.75. The lowest BCUT2D eigenvalue weighted by atomic mass is 10.1. The van der Waals surface area contributed by atoms with Gasteiger partial charge in [0.05, 0.1) is 12.0 Å². The summed E-state index contributed by atoms with van der Waals surface area (Å²) in [5.74, 6) is -1.22. The third-order valence-electron chi connectivity index (χ3n) is 3.04. The molecule has 5 heteroatoms. The summed E-state index contributed by atoms with van der Waals surface area (Å²) >= 11 is 3.24. The Morgan fingerprint density at radius 2 is 1.90 bits per heavy atom. The first-order valence-corrected chi connectivity index (χ1v) is 7.13. The molecule has 2 rings (SSSR count). The highest BCUT2D eigenvalue weighted by molar-refractivity contribution is 9.10. The summed E-state index contributed by atoms with van der Waals surface area (Å²) in [6.07, 6.45) is 0.252. The average Bonchev–Trinajstić information content (AvgIpc) is 2.40. The molecule has 0 saturated carbocycles. The summed E-state index contributed by atoms with van der Waals surface area (Å²) in [6.45, 7) is 1.95. The van der Waals surface area contributed by atoms with E-state index in [4.69, 9.17) is 5.11 Å². The first kappa shape index (κ1) is 15.3. The molecular formula is C16H14BrNO3. The predicted molar refractivity (Wildman–Crippen MR) is 84.6 cm³/mol. The molecule has 0 bridgehead atoms. The van der Waals surface area contributed by atoms with E-state index in [-0.39, 0.29) is 17.9 Å². The molecule has 0 atom stereocenters. The van der Waals surface area contributed by atoms with Gasteiger partial charge in [-0.25, -0.2) is 4.79 Å². The molecule has 0 aliphatic carbocycles.